The zero-order valence-corrected chi connectivity index (χ0v) is 19.3. The van der Waals surface area contributed by atoms with Gasteiger partial charge in [-0.05, 0) is 25.0 Å². The third-order valence-corrected chi connectivity index (χ3v) is 5.40. The standard InChI is InChI=1S/C21H31N6O5P/c28-16-11-20(32-17(16)13-31-33)27-10-7-18(26-21(27)30)23-8-3-1-2-4-9-24-19(29)6-5-15-12-22-14-25-15/h5-7,10,12,14,16-17,20,28H,1-4,8-9,11,13,33H2,(H,22,25)(H,24,29)(H,23,26,30)/b6-5+/i33T. The molecule has 4 atom stereocenters. The van der Waals surface area contributed by atoms with E-state index in [0.29, 0.717) is 18.9 Å². The Hall–Kier alpha value is -2.59. The largest absolute Gasteiger partial charge is 0.390 e. The molecule has 2 aromatic heterocycles. The van der Waals surface area contributed by atoms with Crippen LogP contribution >= 0.6 is 9.41 Å². The lowest BCUT2D eigenvalue weighted by atomic mass is 10.2. The molecule has 1 aliphatic rings. The summed E-state index contributed by atoms with van der Waals surface area (Å²) in [6.45, 7) is 1.42. The maximum Gasteiger partial charge on any atom is 0.351 e. The van der Waals surface area contributed by atoms with Gasteiger partial charge >= 0.3 is 5.69 Å². The Bertz CT molecular complexity index is 973. The van der Waals surface area contributed by atoms with Crippen LogP contribution in [0.5, 0.6) is 0 Å². The Morgan fingerprint density at radius 2 is 2.27 bits per heavy atom. The van der Waals surface area contributed by atoms with E-state index in [2.05, 4.69) is 25.6 Å². The number of carbonyl (C=O) groups is 1. The van der Waals surface area contributed by atoms with Crippen LogP contribution in [0, 0.1) is 0 Å². The molecule has 0 saturated carbocycles. The molecule has 2 aromatic rings. The molecule has 4 N–H and O–H groups in total. The summed E-state index contributed by atoms with van der Waals surface area (Å²) in [5.74, 6) is 0.359. The summed E-state index contributed by atoms with van der Waals surface area (Å²) in [5, 5.41) is 16.1. The van der Waals surface area contributed by atoms with Crippen molar-refractivity contribution in [2.24, 2.45) is 0 Å². The number of aliphatic hydroxyl groups excluding tert-OH is 1. The lowest BCUT2D eigenvalue weighted by Crippen LogP contribution is -2.28. The highest BCUT2D eigenvalue weighted by molar-refractivity contribution is 7.09. The van der Waals surface area contributed by atoms with Crippen LogP contribution in [0.3, 0.4) is 0 Å². The third kappa shape index (κ3) is 8.04. The van der Waals surface area contributed by atoms with E-state index >= 15 is 0 Å². The number of aromatic nitrogens is 4. The summed E-state index contributed by atoms with van der Waals surface area (Å²) in [6, 6.07) is 1.71. The molecule has 0 spiro atoms. The second kappa shape index (κ2) is 13.2. The molecule has 1 aliphatic heterocycles. The number of rotatable bonds is 14. The molecule has 1 saturated heterocycles. The van der Waals surface area contributed by atoms with Crippen LogP contribution in [0.1, 0.15) is 44.0 Å². The minimum absolute atomic E-state index is 0.122. The van der Waals surface area contributed by atoms with Crippen LogP contribution in [0.2, 0.25) is 0 Å². The smallest absolute Gasteiger partial charge is 0.351 e. The fourth-order valence-electron chi connectivity index (χ4n) is 3.46. The lowest BCUT2D eigenvalue weighted by Gasteiger charge is -2.15. The number of hydrogen-bond donors (Lipinski definition) is 4. The van der Waals surface area contributed by atoms with Crippen molar-refractivity contribution in [1.29, 1.82) is 1.28 Å². The molecule has 3 rings (SSSR count). The number of aliphatic hydroxyl groups is 1. The first kappa shape index (κ1) is 23.6. The Morgan fingerprint density at radius 1 is 1.42 bits per heavy atom. The van der Waals surface area contributed by atoms with Gasteiger partial charge in [-0.2, -0.15) is 4.98 Å². The fraction of sp³-hybridized carbons (Fsp3) is 0.524. The van der Waals surface area contributed by atoms with E-state index in [1.807, 2.05) is 0 Å². The zero-order chi connectivity index (χ0) is 24.2. The normalized spacial score (nSPS) is 21.1. The van der Waals surface area contributed by atoms with Crippen molar-refractivity contribution < 1.29 is 19.2 Å². The monoisotopic (exact) mass is 480 g/mol. The van der Waals surface area contributed by atoms with Gasteiger partial charge in [0.05, 0.1) is 32.2 Å². The summed E-state index contributed by atoms with van der Waals surface area (Å²) >= 11 is 0. The van der Waals surface area contributed by atoms with Gasteiger partial charge in [0.1, 0.15) is 18.1 Å². The second-order valence-electron chi connectivity index (χ2n) is 7.72. The third-order valence-electron chi connectivity index (χ3n) is 5.23. The van der Waals surface area contributed by atoms with Gasteiger partial charge in [-0.15, -0.1) is 0 Å². The van der Waals surface area contributed by atoms with Crippen LogP contribution in [0.15, 0.2) is 35.7 Å². The highest BCUT2D eigenvalue weighted by Gasteiger charge is 2.35. The summed E-state index contributed by atoms with van der Waals surface area (Å²) in [6.07, 6.45) is 10.1. The van der Waals surface area contributed by atoms with Gasteiger partial charge in [-0.25, -0.2) is 9.78 Å². The van der Waals surface area contributed by atoms with Gasteiger partial charge in [-0.1, -0.05) is 12.8 Å². The van der Waals surface area contributed by atoms with Crippen LogP contribution in [0.4, 0.5) is 5.82 Å². The molecule has 4 unspecified atom stereocenters. The molecule has 33 heavy (non-hydrogen) atoms. The Balaban J connectivity index is 1.28. The van der Waals surface area contributed by atoms with Gasteiger partial charge < -0.3 is 30.0 Å². The van der Waals surface area contributed by atoms with E-state index < -0.39 is 33.5 Å². The molecular weight excluding hydrogens is 447 g/mol. The topological polar surface area (TPSA) is 143 Å². The van der Waals surface area contributed by atoms with Gasteiger partial charge in [0, 0.05) is 41.2 Å². The molecule has 0 aliphatic carbocycles. The van der Waals surface area contributed by atoms with E-state index in [-0.39, 0.29) is 18.9 Å². The van der Waals surface area contributed by atoms with Crippen LogP contribution in [-0.2, 0) is 14.1 Å². The predicted molar refractivity (Wildman–Crippen MR) is 126 cm³/mol. The molecule has 1 fully saturated rings. The van der Waals surface area contributed by atoms with Crippen LogP contribution < -0.4 is 16.3 Å². The first-order valence-electron chi connectivity index (χ1n) is 11.5. The number of H-pyrrole nitrogens is 1. The predicted octanol–water partition coefficient (Wildman–Crippen LogP) is 1.22. The van der Waals surface area contributed by atoms with E-state index in [4.69, 9.17) is 10.5 Å². The van der Waals surface area contributed by atoms with Crippen molar-refractivity contribution in [3.05, 3.63) is 47.0 Å². The van der Waals surface area contributed by atoms with Crippen molar-refractivity contribution in [3.63, 3.8) is 0 Å². The summed E-state index contributed by atoms with van der Waals surface area (Å²) in [5.41, 5.74) is 0.323. The average Bonchev–Trinajstić information content (AvgIpc) is 3.47. The molecule has 0 radical (unpaired) electrons. The molecule has 12 heteroatoms. The number of anilines is 1. The number of ether oxygens (including phenoxy) is 1. The summed E-state index contributed by atoms with van der Waals surface area (Å²) in [4.78, 5) is 34.9. The van der Waals surface area contributed by atoms with Crippen molar-refractivity contribution in [1.82, 2.24) is 24.8 Å². The lowest BCUT2D eigenvalue weighted by molar-refractivity contribution is -0.116. The number of imidazole rings is 1. The minimum atomic E-state index is -0.752. The Kier molecular flexibility index (Phi) is 9.42. The van der Waals surface area contributed by atoms with Gasteiger partial charge in [0.2, 0.25) is 5.91 Å². The highest BCUT2D eigenvalue weighted by Crippen LogP contribution is 2.28. The van der Waals surface area contributed by atoms with Crippen molar-refractivity contribution in [2.75, 3.05) is 25.0 Å². The number of nitrogens with one attached hydrogen (secondary N) is 3. The molecule has 1 amide bonds. The van der Waals surface area contributed by atoms with E-state index in [9.17, 15) is 14.7 Å². The van der Waals surface area contributed by atoms with Crippen LogP contribution in [0.25, 0.3) is 6.08 Å². The van der Waals surface area contributed by atoms with E-state index in [0.717, 1.165) is 31.4 Å². The van der Waals surface area contributed by atoms with Gasteiger partial charge in [-0.3, -0.25) is 9.36 Å². The minimum Gasteiger partial charge on any atom is -0.390 e. The van der Waals surface area contributed by atoms with E-state index in [1.165, 1.54) is 10.6 Å². The molecule has 180 valence electrons. The number of amides is 1. The van der Waals surface area contributed by atoms with Crippen molar-refractivity contribution >= 4 is 27.2 Å². The number of hydrogen-bond acceptors (Lipinski definition) is 8. The molecule has 0 bridgehead atoms. The highest BCUT2D eigenvalue weighted by atomic mass is 31.0. The molecule has 11 nitrogen and oxygen atoms in total. The summed E-state index contributed by atoms with van der Waals surface area (Å²) < 4.78 is 19.1. The van der Waals surface area contributed by atoms with Gasteiger partial charge in [0.15, 0.2) is 0 Å². The number of nitrogens with zero attached hydrogens (tertiary/aromatic N) is 3. The maximum atomic E-state index is 12.4. The summed E-state index contributed by atoms with van der Waals surface area (Å²) in [7, 11) is -0.430. The first-order valence-corrected chi connectivity index (χ1v) is 11.4. The number of unbranched alkanes of at least 4 members (excludes halogenated alkanes) is 3. The van der Waals surface area contributed by atoms with Gasteiger partial charge in [0.25, 0.3) is 0 Å². The number of carbonyl (C=O) groups excluding carboxylic acids is 1. The van der Waals surface area contributed by atoms with E-state index in [1.54, 1.807) is 30.9 Å². The zero-order valence-electron chi connectivity index (χ0n) is 19.3. The van der Waals surface area contributed by atoms with Crippen LogP contribution in [-0.4, -0.2) is 63.7 Å². The Labute approximate surface area is 195 Å². The fourth-order valence-corrected chi connectivity index (χ4v) is 3.63. The second-order valence-corrected chi connectivity index (χ2v) is 8.01. The molecule has 0 aromatic carbocycles. The molecular formula is C21H31N6O5P. The quantitative estimate of drug-likeness (QED) is 0.180. The maximum absolute atomic E-state index is 12.4. The number of aromatic amines is 1. The Morgan fingerprint density at radius 3 is 3.03 bits per heavy atom. The SMILES string of the molecule is [3H]POCC1OC(n2ccc(NCCCCCCNC(=O)/C=C/c3cnc[nH]3)nc2=O)CC1O. The van der Waals surface area contributed by atoms with Crippen molar-refractivity contribution in [2.45, 2.75) is 50.5 Å². The molecule has 3 heterocycles. The first-order chi connectivity index (χ1) is 16.6. The average molecular weight is 480 g/mol. The van der Waals surface area contributed by atoms with Crippen molar-refractivity contribution in [3.8, 4) is 0 Å².